The maximum absolute atomic E-state index is 12.8. The Morgan fingerprint density at radius 2 is 1.50 bits per heavy atom. The number of nitrogens with one attached hydrogen (secondary N) is 2. The van der Waals surface area contributed by atoms with Crippen LogP contribution in [0.4, 0.5) is 15.8 Å². The quantitative estimate of drug-likeness (QED) is 0.854. The highest BCUT2D eigenvalue weighted by Crippen LogP contribution is 2.15. The van der Waals surface area contributed by atoms with Crippen molar-refractivity contribution in [2.24, 2.45) is 0 Å². The molecule has 6 heteroatoms. The van der Waals surface area contributed by atoms with E-state index in [-0.39, 0.29) is 5.82 Å². The molecule has 2 aromatic rings. The van der Waals surface area contributed by atoms with Gasteiger partial charge in [0, 0.05) is 17.9 Å². The molecule has 2 aromatic carbocycles. The van der Waals surface area contributed by atoms with Crippen molar-refractivity contribution >= 4 is 21.4 Å². The molecule has 0 aliphatic carbocycles. The van der Waals surface area contributed by atoms with Crippen molar-refractivity contribution in [2.75, 3.05) is 10.0 Å². The number of hydrogen-bond donors (Lipinski definition) is 2. The molecule has 118 valence electrons. The van der Waals surface area contributed by atoms with Gasteiger partial charge < -0.3 is 5.32 Å². The van der Waals surface area contributed by atoms with Gasteiger partial charge >= 0.3 is 0 Å². The number of rotatable bonds is 6. The van der Waals surface area contributed by atoms with Crippen molar-refractivity contribution in [3.8, 4) is 0 Å². The first-order chi connectivity index (χ1) is 10.4. The molecule has 0 aromatic heterocycles. The molecule has 0 spiro atoms. The summed E-state index contributed by atoms with van der Waals surface area (Å²) in [5.74, 6) is -0.271. The Kier molecular flexibility index (Phi) is 5.03. The summed E-state index contributed by atoms with van der Waals surface area (Å²) >= 11 is 0. The third-order valence-corrected chi connectivity index (χ3v) is 4.94. The Hall–Kier alpha value is -2.08. The Labute approximate surface area is 130 Å². The smallest absolute Gasteiger partial charge is 0.235 e. The summed E-state index contributed by atoms with van der Waals surface area (Å²) in [4.78, 5) is 0. The summed E-state index contributed by atoms with van der Waals surface area (Å²) in [5.41, 5.74) is 2.36. The van der Waals surface area contributed by atoms with Crippen LogP contribution in [-0.4, -0.2) is 13.7 Å². The van der Waals surface area contributed by atoms with E-state index in [1.165, 1.54) is 12.1 Å². The van der Waals surface area contributed by atoms with Crippen molar-refractivity contribution in [3.63, 3.8) is 0 Å². The van der Waals surface area contributed by atoms with Gasteiger partial charge in [-0.2, -0.15) is 0 Å². The zero-order valence-corrected chi connectivity index (χ0v) is 13.3. The van der Waals surface area contributed by atoms with Crippen LogP contribution in [0.5, 0.6) is 0 Å². The molecule has 0 heterocycles. The molecule has 0 saturated heterocycles. The molecule has 0 aliphatic rings. The normalized spacial score (nSPS) is 11.5. The van der Waals surface area contributed by atoms with Gasteiger partial charge in [0.15, 0.2) is 0 Å². The summed E-state index contributed by atoms with van der Waals surface area (Å²) in [6.07, 6.45) is 0. The van der Waals surface area contributed by atoms with Crippen LogP contribution in [0.2, 0.25) is 0 Å². The molecule has 0 fully saturated rings. The molecule has 4 nitrogen and oxygen atoms in total. The van der Waals surface area contributed by atoms with E-state index in [0.29, 0.717) is 12.2 Å². The molecule has 0 amide bonds. The fourth-order valence-electron chi connectivity index (χ4n) is 1.74. The van der Waals surface area contributed by atoms with Gasteiger partial charge in [-0.05, 0) is 55.8 Å². The fraction of sp³-hybridized carbons (Fsp3) is 0.250. The van der Waals surface area contributed by atoms with Crippen LogP contribution < -0.4 is 10.0 Å². The van der Waals surface area contributed by atoms with Crippen LogP contribution in [0, 0.1) is 5.82 Å². The van der Waals surface area contributed by atoms with Crippen molar-refractivity contribution < 1.29 is 12.8 Å². The Morgan fingerprint density at radius 3 is 2.05 bits per heavy atom. The van der Waals surface area contributed by atoms with E-state index >= 15 is 0 Å². The summed E-state index contributed by atoms with van der Waals surface area (Å²) in [5, 5.41) is 2.69. The van der Waals surface area contributed by atoms with E-state index < -0.39 is 15.3 Å². The molecule has 0 radical (unpaired) electrons. The molecule has 2 N–H and O–H groups in total. The van der Waals surface area contributed by atoms with E-state index in [4.69, 9.17) is 0 Å². The molecule has 0 unspecified atom stereocenters. The summed E-state index contributed by atoms with van der Waals surface area (Å²) in [6, 6.07) is 13.3. The van der Waals surface area contributed by atoms with Crippen LogP contribution in [0.25, 0.3) is 0 Å². The third kappa shape index (κ3) is 4.46. The van der Waals surface area contributed by atoms with Crippen LogP contribution in [-0.2, 0) is 16.6 Å². The highest BCUT2D eigenvalue weighted by Gasteiger charge is 2.15. The molecular formula is C16H19FN2O2S. The number of halogens is 1. The summed E-state index contributed by atoms with van der Waals surface area (Å²) in [6.45, 7) is 3.83. The van der Waals surface area contributed by atoms with Crippen molar-refractivity contribution in [2.45, 2.75) is 25.6 Å². The Bertz CT molecular complexity index is 711. The number of sulfonamides is 1. The van der Waals surface area contributed by atoms with E-state index in [1.54, 1.807) is 38.1 Å². The largest absolute Gasteiger partial charge is 0.381 e. The van der Waals surface area contributed by atoms with Gasteiger partial charge in [0.1, 0.15) is 5.82 Å². The molecule has 22 heavy (non-hydrogen) atoms. The second kappa shape index (κ2) is 6.79. The minimum absolute atomic E-state index is 0.271. The minimum atomic E-state index is -3.32. The van der Waals surface area contributed by atoms with Crippen LogP contribution in [0.15, 0.2) is 48.5 Å². The fourth-order valence-corrected chi connectivity index (χ4v) is 2.44. The lowest BCUT2D eigenvalue weighted by Gasteiger charge is -2.11. The van der Waals surface area contributed by atoms with Crippen LogP contribution in [0.1, 0.15) is 19.4 Å². The summed E-state index contributed by atoms with van der Waals surface area (Å²) < 4.78 is 38.9. The number of hydrogen-bond acceptors (Lipinski definition) is 3. The third-order valence-electron chi connectivity index (χ3n) is 3.18. The highest BCUT2D eigenvalue weighted by atomic mass is 32.2. The SMILES string of the molecule is CC(C)S(=O)(=O)Nc1ccc(CNc2ccc(F)cc2)cc1. The van der Waals surface area contributed by atoms with Gasteiger partial charge in [0.25, 0.3) is 0 Å². The number of benzene rings is 2. The zero-order valence-electron chi connectivity index (χ0n) is 12.5. The lowest BCUT2D eigenvalue weighted by Crippen LogP contribution is -2.22. The van der Waals surface area contributed by atoms with Crippen LogP contribution >= 0.6 is 0 Å². The van der Waals surface area contributed by atoms with E-state index in [0.717, 1.165) is 11.3 Å². The average Bonchev–Trinajstić information content (AvgIpc) is 2.48. The predicted octanol–water partition coefficient (Wildman–Crippen LogP) is 3.59. The maximum Gasteiger partial charge on any atom is 0.235 e. The van der Waals surface area contributed by atoms with Crippen LogP contribution in [0.3, 0.4) is 0 Å². The van der Waals surface area contributed by atoms with Gasteiger partial charge in [-0.25, -0.2) is 12.8 Å². The van der Waals surface area contributed by atoms with E-state index in [9.17, 15) is 12.8 Å². The first-order valence-corrected chi connectivity index (χ1v) is 8.51. The minimum Gasteiger partial charge on any atom is -0.381 e. The molecule has 0 aliphatic heterocycles. The van der Waals surface area contributed by atoms with Crippen molar-refractivity contribution in [1.29, 1.82) is 0 Å². The first kappa shape index (κ1) is 16.3. The average molecular weight is 322 g/mol. The Balaban J connectivity index is 1.96. The second-order valence-corrected chi connectivity index (χ2v) is 7.49. The molecule has 0 atom stereocenters. The molecule has 0 bridgehead atoms. The Morgan fingerprint density at radius 1 is 0.955 bits per heavy atom. The standard InChI is InChI=1S/C16H19FN2O2S/c1-12(2)22(20,21)19-16-7-3-13(4-8-16)11-18-15-9-5-14(17)6-10-15/h3-10,12,18-19H,11H2,1-2H3. The van der Waals surface area contributed by atoms with Gasteiger partial charge in [-0.3, -0.25) is 4.72 Å². The summed E-state index contributed by atoms with van der Waals surface area (Å²) in [7, 11) is -3.32. The van der Waals surface area contributed by atoms with E-state index in [1.807, 2.05) is 12.1 Å². The van der Waals surface area contributed by atoms with Crippen molar-refractivity contribution in [1.82, 2.24) is 0 Å². The predicted molar refractivity (Wildman–Crippen MR) is 87.8 cm³/mol. The monoisotopic (exact) mass is 322 g/mol. The molecule has 0 saturated carbocycles. The maximum atomic E-state index is 12.8. The van der Waals surface area contributed by atoms with Gasteiger partial charge in [-0.15, -0.1) is 0 Å². The lowest BCUT2D eigenvalue weighted by molar-refractivity contribution is 0.593. The topological polar surface area (TPSA) is 58.2 Å². The second-order valence-electron chi connectivity index (χ2n) is 5.25. The zero-order chi connectivity index (χ0) is 16.2. The van der Waals surface area contributed by atoms with Gasteiger partial charge in [0.05, 0.1) is 5.25 Å². The number of anilines is 2. The lowest BCUT2D eigenvalue weighted by atomic mass is 10.2. The first-order valence-electron chi connectivity index (χ1n) is 6.97. The highest BCUT2D eigenvalue weighted by molar-refractivity contribution is 7.93. The molecule has 2 rings (SSSR count). The van der Waals surface area contributed by atoms with Gasteiger partial charge in [-0.1, -0.05) is 12.1 Å². The van der Waals surface area contributed by atoms with E-state index in [2.05, 4.69) is 10.0 Å². The molecular weight excluding hydrogens is 303 g/mol. The van der Waals surface area contributed by atoms with Gasteiger partial charge in [0.2, 0.25) is 10.0 Å². The van der Waals surface area contributed by atoms with Crippen molar-refractivity contribution in [3.05, 3.63) is 59.9 Å².